The van der Waals surface area contributed by atoms with Crippen molar-refractivity contribution in [3.8, 4) is 0 Å². The molecule has 0 spiro atoms. The molecule has 0 aliphatic heterocycles. The highest BCUT2D eigenvalue weighted by Crippen LogP contribution is 2.16. The summed E-state index contributed by atoms with van der Waals surface area (Å²) < 4.78 is 5.59. The largest absolute Gasteiger partial charge is 0.480 e. The molecule has 0 bridgehead atoms. The van der Waals surface area contributed by atoms with Crippen molar-refractivity contribution in [1.29, 1.82) is 0 Å². The molecule has 0 heterocycles. The monoisotopic (exact) mass is 458 g/mol. The van der Waals surface area contributed by atoms with Crippen LogP contribution in [0.5, 0.6) is 0 Å². The van der Waals surface area contributed by atoms with Gasteiger partial charge in [0.15, 0.2) is 0 Å². The molecule has 0 aliphatic carbocycles. The molecule has 1 amide bonds. The van der Waals surface area contributed by atoms with E-state index in [1.54, 1.807) is 31.2 Å². The number of rotatable bonds is 12. The zero-order chi connectivity index (χ0) is 23.5. The van der Waals surface area contributed by atoms with E-state index < -0.39 is 23.8 Å². The Hall–Kier alpha value is -2.84. The molecule has 0 saturated heterocycles. The summed E-state index contributed by atoms with van der Waals surface area (Å²) in [6.07, 6.45) is 0.152. The van der Waals surface area contributed by atoms with Crippen LogP contribution in [0.4, 0.5) is 5.69 Å². The first kappa shape index (κ1) is 25.4. The number of carbonyl (C=O) groups excluding carboxylic acids is 2. The molecule has 0 radical (unpaired) electrons. The summed E-state index contributed by atoms with van der Waals surface area (Å²) in [6.45, 7) is 2.23. The molecule has 2 N–H and O–H groups in total. The van der Waals surface area contributed by atoms with Gasteiger partial charge in [-0.3, -0.25) is 9.59 Å². The maximum atomic E-state index is 12.4. The second-order valence-electron chi connectivity index (χ2n) is 7.67. The van der Waals surface area contributed by atoms with Crippen LogP contribution in [-0.2, 0) is 20.9 Å². The number of carbonyl (C=O) groups is 3. The first-order valence-electron chi connectivity index (χ1n) is 10.4. The van der Waals surface area contributed by atoms with Gasteiger partial charge in [-0.1, -0.05) is 61.2 Å². The van der Waals surface area contributed by atoms with E-state index in [4.69, 9.17) is 4.74 Å². The van der Waals surface area contributed by atoms with Crippen molar-refractivity contribution in [3.05, 3.63) is 65.7 Å². The zero-order valence-electron chi connectivity index (χ0n) is 18.6. The van der Waals surface area contributed by atoms with E-state index in [1.165, 1.54) is 0 Å². The Bertz CT molecular complexity index is 887. The lowest BCUT2D eigenvalue weighted by Gasteiger charge is -2.18. The van der Waals surface area contributed by atoms with Crippen molar-refractivity contribution in [1.82, 2.24) is 5.32 Å². The molecule has 0 unspecified atom stereocenters. The van der Waals surface area contributed by atoms with Crippen LogP contribution in [0.25, 0.3) is 0 Å². The van der Waals surface area contributed by atoms with E-state index in [0.29, 0.717) is 12.2 Å². The number of aliphatic carboxylic acids is 1. The van der Waals surface area contributed by atoms with Crippen LogP contribution in [0.15, 0.2) is 54.6 Å². The number of carboxylic acids is 1. The molecule has 2 aromatic rings. The van der Waals surface area contributed by atoms with Gasteiger partial charge in [-0.15, -0.1) is 0 Å². The van der Waals surface area contributed by atoms with E-state index >= 15 is 0 Å². The number of thioether (sulfide) groups is 1. The molecule has 32 heavy (non-hydrogen) atoms. The average Bonchev–Trinajstić information content (AvgIpc) is 2.79. The van der Waals surface area contributed by atoms with Crippen LogP contribution in [0, 0.1) is 5.92 Å². The molecule has 2 atom stereocenters. The summed E-state index contributed by atoms with van der Waals surface area (Å²) in [5.74, 6) is -1.75. The van der Waals surface area contributed by atoms with Gasteiger partial charge >= 0.3 is 5.97 Å². The van der Waals surface area contributed by atoms with Crippen LogP contribution >= 0.6 is 11.8 Å². The highest BCUT2D eigenvalue weighted by atomic mass is 32.2. The number of amides is 1. The van der Waals surface area contributed by atoms with Crippen molar-refractivity contribution in [2.45, 2.75) is 26.0 Å². The van der Waals surface area contributed by atoms with Crippen LogP contribution in [-0.4, -0.2) is 54.6 Å². The van der Waals surface area contributed by atoms with Gasteiger partial charge in [0.1, 0.15) is 6.04 Å². The van der Waals surface area contributed by atoms with Gasteiger partial charge in [-0.2, -0.15) is 0 Å². The summed E-state index contributed by atoms with van der Waals surface area (Å²) in [7, 11) is 3.93. The second-order valence-corrected chi connectivity index (χ2v) is 8.66. The predicted molar refractivity (Wildman–Crippen MR) is 127 cm³/mol. The third-order valence-corrected chi connectivity index (χ3v) is 5.97. The predicted octanol–water partition coefficient (Wildman–Crippen LogP) is 3.44. The van der Waals surface area contributed by atoms with E-state index in [-0.39, 0.29) is 23.9 Å². The molecule has 172 valence electrons. The summed E-state index contributed by atoms with van der Waals surface area (Å²) in [6, 6.07) is 15.7. The maximum Gasteiger partial charge on any atom is 0.326 e. The number of benzene rings is 2. The van der Waals surface area contributed by atoms with Crippen molar-refractivity contribution < 1.29 is 24.2 Å². The van der Waals surface area contributed by atoms with Gasteiger partial charge in [-0.05, 0) is 17.7 Å². The molecule has 2 rings (SSSR count). The van der Waals surface area contributed by atoms with Gasteiger partial charge in [-0.25, -0.2) is 4.79 Å². The maximum absolute atomic E-state index is 12.4. The minimum atomic E-state index is -1.11. The molecule has 7 nitrogen and oxygen atoms in total. The Labute approximate surface area is 193 Å². The fourth-order valence-corrected chi connectivity index (χ4v) is 3.64. The first-order valence-corrected chi connectivity index (χ1v) is 11.4. The van der Waals surface area contributed by atoms with E-state index in [0.717, 1.165) is 23.0 Å². The number of hydrogen-bond donors (Lipinski definition) is 2. The van der Waals surface area contributed by atoms with Crippen LogP contribution in [0.2, 0.25) is 0 Å². The normalized spacial score (nSPS) is 12.6. The smallest absolute Gasteiger partial charge is 0.326 e. The highest BCUT2D eigenvalue weighted by molar-refractivity contribution is 8.14. The quantitative estimate of drug-likeness (QED) is 0.470. The number of nitrogens with zero attached hydrogens (tertiary/aromatic N) is 1. The number of carboxylic acid groups (broad SMARTS) is 1. The molecular formula is C24H30N2O5S. The minimum absolute atomic E-state index is 0.118. The van der Waals surface area contributed by atoms with Crippen molar-refractivity contribution in [2.75, 3.05) is 31.4 Å². The third-order valence-electron chi connectivity index (χ3n) is 4.81. The SMILES string of the molecule is C[C@H](CSC(=O)c1ccccc1)C(=O)N[C@@H](CCOCc1ccc(N(C)C)cc1)C(=O)O. The first-order chi connectivity index (χ1) is 15.3. The molecule has 0 saturated carbocycles. The van der Waals surface area contributed by atoms with E-state index in [2.05, 4.69) is 5.32 Å². The van der Waals surface area contributed by atoms with E-state index in [9.17, 15) is 19.5 Å². The summed E-state index contributed by atoms with van der Waals surface area (Å²) in [4.78, 5) is 38.1. The van der Waals surface area contributed by atoms with Crippen molar-refractivity contribution in [2.24, 2.45) is 5.92 Å². The van der Waals surface area contributed by atoms with Crippen molar-refractivity contribution >= 4 is 34.4 Å². The summed E-state index contributed by atoms with van der Waals surface area (Å²) >= 11 is 1.05. The Morgan fingerprint density at radius 3 is 2.31 bits per heavy atom. The Balaban J connectivity index is 1.74. The number of ether oxygens (including phenoxy) is 1. The minimum Gasteiger partial charge on any atom is -0.480 e. The Morgan fingerprint density at radius 2 is 1.72 bits per heavy atom. The number of hydrogen-bond acceptors (Lipinski definition) is 6. The lowest BCUT2D eigenvalue weighted by atomic mass is 10.1. The lowest BCUT2D eigenvalue weighted by molar-refractivity contribution is -0.142. The molecule has 0 fully saturated rings. The Kier molecular flexibility index (Phi) is 10.2. The van der Waals surface area contributed by atoms with Crippen molar-refractivity contribution in [3.63, 3.8) is 0 Å². The molecule has 2 aromatic carbocycles. The van der Waals surface area contributed by atoms with Crippen LogP contribution < -0.4 is 10.2 Å². The average molecular weight is 459 g/mol. The summed E-state index contributed by atoms with van der Waals surface area (Å²) in [5, 5.41) is 11.9. The molecule has 0 aliphatic rings. The summed E-state index contributed by atoms with van der Waals surface area (Å²) in [5.41, 5.74) is 2.64. The van der Waals surface area contributed by atoms with E-state index in [1.807, 2.05) is 49.3 Å². The topological polar surface area (TPSA) is 95.9 Å². The Morgan fingerprint density at radius 1 is 1.06 bits per heavy atom. The fraction of sp³-hybridized carbons (Fsp3) is 0.375. The van der Waals surface area contributed by atoms with Gasteiger partial charge in [0, 0.05) is 50.0 Å². The molecule has 8 heteroatoms. The highest BCUT2D eigenvalue weighted by Gasteiger charge is 2.23. The second kappa shape index (κ2) is 12.9. The standard InChI is InChI=1S/C24H30N2O5S/c1-17(16-32-24(30)19-7-5-4-6-8-19)22(27)25-21(23(28)29)13-14-31-15-18-9-11-20(12-10-18)26(2)3/h4-12,17,21H,13-16H2,1-3H3,(H,25,27)(H,28,29)/t17-,21+/m1/s1. The van der Waals surface area contributed by atoms with Crippen LogP contribution in [0.1, 0.15) is 29.3 Å². The fourth-order valence-electron chi connectivity index (χ4n) is 2.79. The van der Waals surface area contributed by atoms with Gasteiger partial charge < -0.3 is 20.1 Å². The molecular weight excluding hydrogens is 428 g/mol. The molecule has 0 aromatic heterocycles. The van der Waals surface area contributed by atoms with Gasteiger partial charge in [0.05, 0.1) is 6.61 Å². The van der Waals surface area contributed by atoms with Gasteiger partial charge in [0.2, 0.25) is 11.0 Å². The number of nitrogens with one attached hydrogen (secondary N) is 1. The third kappa shape index (κ3) is 8.36. The van der Waals surface area contributed by atoms with Gasteiger partial charge in [0.25, 0.3) is 0 Å². The van der Waals surface area contributed by atoms with Crippen LogP contribution in [0.3, 0.4) is 0 Å². The number of anilines is 1. The zero-order valence-corrected chi connectivity index (χ0v) is 19.4. The lowest BCUT2D eigenvalue weighted by Crippen LogP contribution is -2.44.